The van der Waals surface area contributed by atoms with E-state index >= 15 is 0 Å². The van der Waals surface area contributed by atoms with Gasteiger partial charge in [-0.2, -0.15) is 0 Å². The summed E-state index contributed by atoms with van der Waals surface area (Å²) < 4.78 is 13.6. The summed E-state index contributed by atoms with van der Waals surface area (Å²) in [5, 5.41) is 0. The van der Waals surface area contributed by atoms with Gasteiger partial charge in [0.05, 0.1) is 0 Å². The van der Waals surface area contributed by atoms with Crippen LogP contribution in [0.5, 0.6) is 0 Å². The van der Waals surface area contributed by atoms with E-state index in [0.717, 1.165) is 18.4 Å². The summed E-state index contributed by atoms with van der Waals surface area (Å²) in [5.74, 6) is 0.977. The van der Waals surface area contributed by atoms with E-state index in [2.05, 4.69) is 13.8 Å². The fraction of sp³-hybridized carbons (Fsp3) is 0.538. The summed E-state index contributed by atoms with van der Waals surface area (Å²) in [4.78, 5) is 0. The Hall–Kier alpha value is -0.560. The van der Waals surface area contributed by atoms with E-state index in [4.69, 9.17) is 11.6 Å². The third-order valence-corrected chi connectivity index (χ3v) is 3.42. The molecule has 0 spiro atoms. The van der Waals surface area contributed by atoms with Crippen molar-refractivity contribution in [2.45, 2.75) is 32.6 Å². The van der Waals surface area contributed by atoms with Gasteiger partial charge in [0.1, 0.15) is 5.82 Å². The Morgan fingerprint density at radius 3 is 2.27 bits per heavy atom. The first-order chi connectivity index (χ1) is 7.24. The van der Waals surface area contributed by atoms with Gasteiger partial charge in [0.25, 0.3) is 0 Å². The first-order valence-corrected chi connectivity index (χ1v) is 6.08. The maximum absolute atomic E-state index is 13.6. The maximum atomic E-state index is 13.6. The lowest BCUT2D eigenvalue weighted by molar-refractivity contribution is 0.410. The molecule has 0 nitrogen and oxygen atoms in total. The molecule has 1 unspecified atom stereocenters. The summed E-state index contributed by atoms with van der Waals surface area (Å²) in [6.07, 6.45) is 2.09. The van der Waals surface area contributed by atoms with Gasteiger partial charge < -0.3 is 0 Å². The molecular weight excluding hydrogens is 211 g/mol. The molecule has 0 aliphatic heterocycles. The molecule has 1 rings (SSSR count). The zero-order valence-corrected chi connectivity index (χ0v) is 10.1. The van der Waals surface area contributed by atoms with Gasteiger partial charge >= 0.3 is 0 Å². The van der Waals surface area contributed by atoms with Crippen molar-refractivity contribution in [3.63, 3.8) is 0 Å². The molecule has 0 saturated carbocycles. The van der Waals surface area contributed by atoms with E-state index in [1.807, 2.05) is 12.1 Å². The predicted molar refractivity (Wildman–Crippen MR) is 63.9 cm³/mol. The Morgan fingerprint density at radius 1 is 1.20 bits per heavy atom. The van der Waals surface area contributed by atoms with Crippen LogP contribution >= 0.6 is 11.6 Å². The first kappa shape index (κ1) is 12.5. The third kappa shape index (κ3) is 2.94. The number of hydrogen-bond acceptors (Lipinski definition) is 0. The molecule has 1 aromatic rings. The molecular formula is C13H18ClF. The molecule has 0 amide bonds. The summed E-state index contributed by atoms with van der Waals surface area (Å²) in [6.45, 7) is 4.27. The standard InChI is InChI=1S/C13H18ClF/c1-3-10(4-2)12(9-14)11-7-5-6-8-13(11)15/h5-8,10,12H,3-4,9H2,1-2H3. The molecule has 0 heterocycles. The number of rotatable bonds is 5. The van der Waals surface area contributed by atoms with Crippen molar-refractivity contribution in [2.75, 3.05) is 5.88 Å². The molecule has 0 aliphatic rings. The monoisotopic (exact) mass is 228 g/mol. The van der Waals surface area contributed by atoms with Gasteiger partial charge in [-0.25, -0.2) is 4.39 Å². The second kappa shape index (κ2) is 6.12. The molecule has 0 N–H and O–H groups in total. The first-order valence-electron chi connectivity index (χ1n) is 5.54. The van der Waals surface area contributed by atoms with Crippen molar-refractivity contribution in [3.05, 3.63) is 35.6 Å². The number of halogens is 2. The normalized spacial score (nSPS) is 13.1. The minimum absolute atomic E-state index is 0.130. The second-order valence-corrected chi connectivity index (χ2v) is 4.17. The Balaban J connectivity index is 2.96. The van der Waals surface area contributed by atoms with Crippen molar-refractivity contribution in [2.24, 2.45) is 5.92 Å². The molecule has 0 aliphatic carbocycles. The smallest absolute Gasteiger partial charge is 0.126 e. The van der Waals surface area contributed by atoms with Gasteiger partial charge in [-0.1, -0.05) is 44.9 Å². The van der Waals surface area contributed by atoms with E-state index < -0.39 is 0 Å². The van der Waals surface area contributed by atoms with Gasteiger partial charge in [0.15, 0.2) is 0 Å². The highest BCUT2D eigenvalue weighted by Gasteiger charge is 2.21. The lowest BCUT2D eigenvalue weighted by atomic mass is 9.84. The highest BCUT2D eigenvalue weighted by Crippen LogP contribution is 2.32. The highest BCUT2D eigenvalue weighted by atomic mass is 35.5. The number of alkyl halides is 1. The average Bonchev–Trinajstić information content (AvgIpc) is 2.27. The van der Waals surface area contributed by atoms with Crippen LogP contribution in [-0.4, -0.2) is 5.88 Å². The fourth-order valence-corrected chi connectivity index (χ4v) is 2.51. The largest absolute Gasteiger partial charge is 0.207 e. The van der Waals surface area contributed by atoms with Crippen LogP contribution in [0.25, 0.3) is 0 Å². The molecule has 1 atom stereocenters. The predicted octanol–water partition coefficient (Wildman–Crippen LogP) is 4.58. The van der Waals surface area contributed by atoms with Crippen molar-refractivity contribution >= 4 is 11.6 Å². The van der Waals surface area contributed by atoms with Crippen LogP contribution in [0.3, 0.4) is 0 Å². The molecule has 15 heavy (non-hydrogen) atoms. The van der Waals surface area contributed by atoms with Gasteiger partial charge in [-0.15, -0.1) is 11.6 Å². The van der Waals surface area contributed by atoms with Gasteiger partial charge in [0.2, 0.25) is 0 Å². The van der Waals surface area contributed by atoms with Gasteiger partial charge in [-0.3, -0.25) is 0 Å². The number of benzene rings is 1. The molecule has 0 fully saturated rings. The van der Waals surface area contributed by atoms with E-state index in [1.54, 1.807) is 6.07 Å². The minimum atomic E-state index is -0.130. The zero-order valence-electron chi connectivity index (χ0n) is 9.34. The quantitative estimate of drug-likeness (QED) is 0.647. The summed E-state index contributed by atoms with van der Waals surface area (Å²) in [7, 11) is 0. The van der Waals surface area contributed by atoms with Gasteiger partial charge in [-0.05, 0) is 17.5 Å². The van der Waals surface area contributed by atoms with E-state index in [1.165, 1.54) is 6.07 Å². The lowest BCUT2D eigenvalue weighted by Gasteiger charge is -2.23. The maximum Gasteiger partial charge on any atom is 0.126 e. The van der Waals surface area contributed by atoms with Crippen molar-refractivity contribution in [1.82, 2.24) is 0 Å². The third-order valence-electron chi connectivity index (χ3n) is 3.09. The fourth-order valence-electron chi connectivity index (χ4n) is 2.10. The zero-order chi connectivity index (χ0) is 11.3. The van der Waals surface area contributed by atoms with Crippen LogP contribution in [-0.2, 0) is 0 Å². The van der Waals surface area contributed by atoms with Crippen LogP contribution in [0.15, 0.2) is 24.3 Å². The highest BCUT2D eigenvalue weighted by molar-refractivity contribution is 6.18. The second-order valence-electron chi connectivity index (χ2n) is 3.86. The molecule has 0 bridgehead atoms. The van der Waals surface area contributed by atoms with Crippen LogP contribution in [0.2, 0.25) is 0 Å². The molecule has 2 heteroatoms. The van der Waals surface area contributed by atoms with Crippen LogP contribution in [0.4, 0.5) is 4.39 Å². The Morgan fingerprint density at radius 2 is 1.80 bits per heavy atom. The van der Waals surface area contributed by atoms with Crippen molar-refractivity contribution in [3.8, 4) is 0 Å². The lowest BCUT2D eigenvalue weighted by Crippen LogP contribution is -2.14. The number of hydrogen-bond donors (Lipinski definition) is 0. The molecule has 0 saturated heterocycles. The van der Waals surface area contributed by atoms with E-state index in [0.29, 0.717) is 11.8 Å². The van der Waals surface area contributed by atoms with Crippen LogP contribution in [0, 0.1) is 11.7 Å². The Kier molecular flexibility index (Phi) is 5.10. The summed E-state index contributed by atoms with van der Waals surface area (Å²) in [6, 6.07) is 6.95. The molecule has 0 aromatic heterocycles. The topological polar surface area (TPSA) is 0 Å². The van der Waals surface area contributed by atoms with Crippen LogP contribution in [0.1, 0.15) is 38.2 Å². The molecule has 1 aromatic carbocycles. The molecule has 84 valence electrons. The molecule has 0 radical (unpaired) electrons. The Labute approximate surface area is 96.5 Å². The average molecular weight is 229 g/mol. The summed E-state index contributed by atoms with van der Waals surface area (Å²) >= 11 is 5.96. The van der Waals surface area contributed by atoms with Crippen LogP contribution < -0.4 is 0 Å². The van der Waals surface area contributed by atoms with Crippen molar-refractivity contribution < 1.29 is 4.39 Å². The van der Waals surface area contributed by atoms with Crippen molar-refractivity contribution in [1.29, 1.82) is 0 Å². The Bertz CT molecular complexity index is 294. The summed E-state index contributed by atoms with van der Waals surface area (Å²) in [5.41, 5.74) is 0.765. The van der Waals surface area contributed by atoms with Gasteiger partial charge in [0, 0.05) is 11.8 Å². The SMILES string of the molecule is CCC(CC)C(CCl)c1ccccc1F. The van der Waals surface area contributed by atoms with E-state index in [-0.39, 0.29) is 11.7 Å². The van der Waals surface area contributed by atoms with E-state index in [9.17, 15) is 4.39 Å². The minimum Gasteiger partial charge on any atom is -0.207 e.